The molecular weight excluding hydrogens is 286 g/mol. The Morgan fingerprint density at radius 3 is 1.87 bits per heavy atom. The third kappa shape index (κ3) is 6.66. The van der Waals surface area contributed by atoms with Gasteiger partial charge in [-0.15, -0.1) is 0 Å². The Kier molecular flexibility index (Phi) is 6.82. The molecule has 3 nitrogen and oxygen atoms in total. The summed E-state index contributed by atoms with van der Waals surface area (Å²) in [6.45, 7) is 1.98. The fourth-order valence-corrected chi connectivity index (χ4v) is 2.71. The van der Waals surface area contributed by atoms with E-state index in [-0.39, 0.29) is 11.8 Å². The molecule has 0 aromatic heterocycles. The van der Waals surface area contributed by atoms with Crippen LogP contribution in [0.2, 0.25) is 0 Å². The molecule has 0 bridgehead atoms. The minimum atomic E-state index is -0.513. The predicted molar refractivity (Wildman–Crippen MR) is 93.1 cm³/mol. The van der Waals surface area contributed by atoms with Crippen LogP contribution in [0.3, 0.4) is 0 Å². The number of hydrogen-bond acceptors (Lipinski definition) is 2. The molecule has 0 fully saturated rings. The first-order chi connectivity index (χ1) is 11.1. The third-order valence-corrected chi connectivity index (χ3v) is 3.80. The molecule has 0 aliphatic heterocycles. The summed E-state index contributed by atoms with van der Waals surface area (Å²) in [5.74, 6) is 0.247. The fourth-order valence-electron chi connectivity index (χ4n) is 2.71. The molecule has 0 saturated carbocycles. The standard InChI is InChI=1S/C20H25NO2/c1-16(22)15-21-20(23)14-19(12-17-8-4-2-5-9-17)13-18-10-6-3-7-11-18/h2-11,16,19,22H,12-15H2,1H3,(H,21,23). The lowest BCUT2D eigenvalue weighted by atomic mass is 9.89. The van der Waals surface area contributed by atoms with Gasteiger partial charge in [-0.25, -0.2) is 0 Å². The lowest BCUT2D eigenvalue weighted by Crippen LogP contribution is -2.32. The second-order valence-electron chi connectivity index (χ2n) is 6.10. The first-order valence-corrected chi connectivity index (χ1v) is 8.16. The molecule has 1 amide bonds. The largest absolute Gasteiger partial charge is 0.392 e. The zero-order valence-corrected chi connectivity index (χ0v) is 13.6. The van der Waals surface area contributed by atoms with Gasteiger partial charge in [-0.1, -0.05) is 60.7 Å². The second kappa shape index (κ2) is 9.11. The van der Waals surface area contributed by atoms with Crippen molar-refractivity contribution < 1.29 is 9.90 Å². The molecule has 23 heavy (non-hydrogen) atoms. The molecule has 2 N–H and O–H groups in total. The van der Waals surface area contributed by atoms with Crippen LogP contribution in [0.15, 0.2) is 60.7 Å². The summed E-state index contributed by atoms with van der Waals surface area (Å²) in [4.78, 5) is 12.1. The highest BCUT2D eigenvalue weighted by molar-refractivity contribution is 5.76. The Labute approximate surface area is 138 Å². The highest BCUT2D eigenvalue weighted by Gasteiger charge is 2.15. The number of aliphatic hydroxyl groups excluding tert-OH is 1. The summed E-state index contributed by atoms with van der Waals surface area (Å²) in [7, 11) is 0. The van der Waals surface area contributed by atoms with Crippen LogP contribution in [0.1, 0.15) is 24.5 Å². The van der Waals surface area contributed by atoms with Gasteiger partial charge in [0.1, 0.15) is 0 Å². The quantitative estimate of drug-likeness (QED) is 0.787. The SMILES string of the molecule is CC(O)CNC(=O)CC(Cc1ccccc1)Cc1ccccc1. The van der Waals surface area contributed by atoms with Gasteiger partial charge in [-0.3, -0.25) is 4.79 Å². The smallest absolute Gasteiger partial charge is 0.220 e. The summed E-state index contributed by atoms with van der Waals surface area (Å²) >= 11 is 0. The molecule has 1 atom stereocenters. The van der Waals surface area contributed by atoms with E-state index in [1.165, 1.54) is 11.1 Å². The van der Waals surface area contributed by atoms with Crippen molar-refractivity contribution in [1.29, 1.82) is 0 Å². The Morgan fingerprint density at radius 1 is 0.957 bits per heavy atom. The number of aliphatic hydroxyl groups is 1. The maximum Gasteiger partial charge on any atom is 0.220 e. The number of carbonyl (C=O) groups is 1. The van der Waals surface area contributed by atoms with Gasteiger partial charge < -0.3 is 10.4 Å². The number of amides is 1. The number of nitrogens with one attached hydrogen (secondary N) is 1. The van der Waals surface area contributed by atoms with E-state index in [0.717, 1.165) is 12.8 Å². The van der Waals surface area contributed by atoms with Gasteiger partial charge in [-0.2, -0.15) is 0 Å². The van der Waals surface area contributed by atoms with Crippen LogP contribution in [0.5, 0.6) is 0 Å². The van der Waals surface area contributed by atoms with Crippen molar-refractivity contribution in [2.45, 2.75) is 32.3 Å². The summed E-state index contributed by atoms with van der Waals surface area (Å²) in [6, 6.07) is 20.5. The number of carbonyl (C=O) groups excluding carboxylic acids is 1. The molecule has 2 aromatic rings. The van der Waals surface area contributed by atoms with Crippen LogP contribution in [-0.2, 0) is 17.6 Å². The van der Waals surface area contributed by atoms with Crippen molar-refractivity contribution in [3.05, 3.63) is 71.8 Å². The third-order valence-electron chi connectivity index (χ3n) is 3.80. The summed E-state index contributed by atoms with van der Waals surface area (Å²) in [5, 5.41) is 12.1. The average Bonchev–Trinajstić information content (AvgIpc) is 2.55. The van der Waals surface area contributed by atoms with Crippen LogP contribution in [0.25, 0.3) is 0 Å². The first-order valence-electron chi connectivity index (χ1n) is 8.16. The zero-order valence-electron chi connectivity index (χ0n) is 13.6. The van der Waals surface area contributed by atoms with Crippen molar-refractivity contribution in [2.24, 2.45) is 5.92 Å². The molecule has 2 aromatic carbocycles. The topological polar surface area (TPSA) is 49.3 Å². The van der Waals surface area contributed by atoms with Gasteiger partial charge >= 0.3 is 0 Å². The van der Waals surface area contributed by atoms with Gasteiger partial charge in [0.2, 0.25) is 5.91 Å². The molecule has 122 valence electrons. The number of benzene rings is 2. The van der Waals surface area contributed by atoms with Crippen LogP contribution >= 0.6 is 0 Å². The molecule has 2 rings (SSSR count). The van der Waals surface area contributed by atoms with Gasteiger partial charge in [0.05, 0.1) is 6.10 Å². The minimum absolute atomic E-state index is 0.00256. The normalized spacial score (nSPS) is 12.1. The first kappa shape index (κ1) is 17.2. The zero-order chi connectivity index (χ0) is 16.5. The Morgan fingerprint density at radius 2 is 1.43 bits per heavy atom. The average molecular weight is 311 g/mol. The van der Waals surface area contributed by atoms with E-state index >= 15 is 0 Å². The van der Waals surface area contributed by atoms with Crippen LogP contribution in [0.4, 0.5) is 0 Å². The molecule has 0 aliphatic carbocycles. The lowest BCUT2D eigenvalue weighted by Gasteiger charge is -2.17. The number of hydrogen-bond donors (Lipinski definition) is 2. The molecule has 0 heterocycles. The summed E-state index contributed by atoms with van der Waals surface area (Å²) in [6.07, 6.45) is 1.70. The summed E-state index contributed by atoms with van der Waals surface area (Å²) in [5.41, 5.74) is 2.49. The molecule has 0 saturated heterocycles. The monoisotopic (exact) mass is 311 g/mol. The highest BCUT2D eigenvalue weighted by Crippen LogP contribution is 2.18. The van der Waals surface area contributed by atoms with Gasteiger partial charge in [0.15, 0.2) is 0 Å². The van der Waals surface area contributed by atoms with E-state index in [9.17, 15) is 9.90 Å². The van der Waals surface area contributed by atoms with E-state index in [4.69, 9.17) is 0 Å². The van der Waals surface area contributed by atoms with Crippen molar-refractivity contribution in [3.63, 3.8) is 0 Å². The van der Waals surface area contributed by atoms with Crippen LogP contribution < -0.4 is 5.32 Å². The Hall–Kier alpha value is -2.13. The fraction of sp³-hybridized carbons (Fsp3) is 0.350. The molecular formula is C20H25NO2. The van der Waals surface area contributed by atoms with E-state index < -0.39 is 6.10 Å². The van der Waals surface area contributed by atoms with E-state index in [0.29, 0.717) is 13.0 Å². The maximum absolute atomic E-state index is 12.1. The van der Waals surface area contributed by atoms with Crippen LogP contribution in [-0.4, -0.2) is 23.7 Å². The molecule has 1 unspecified atom stereocenters. The van der Waals surface area contributed by atoms with Crippen molar-refractivity contribution in [3.8, 4) is 0 Å². The van der Waals surface area contributed by atoms with E-state index in [2.05, 4.69) is 29.6 Å². The van der Waals surface area contributed by atoms with E-state index in [1.54, 1.807) is 6.92 Å². The maximum atomic E-state index is 12.1. The molecule has 0 radical (unpaired) electrons. The molecule has 0 spiro atoms. The van der Waals surface area contributed by atoms with Crippen molar-refractivity contribution in [1.82, 2.24) is 5.32 Å². The van der Waals surface area contributed by atoms with Gasteiger partial charge in [0.25, 0.3) is 0 Å². The Balaban J connectivity index is 2.00. The summed E-state index contributed by atoms with van der Waals surface area (Å²) < 4.78 is 0. The minimum Gasteiger partial charge on any atom is -0.392 e. The van der Waals surface area contributed by atoms with Crippen molar-refractivity contribution >= 4 is 5.91 Å². The lowest BCUT2D eigenvalue weighted by molar-refractivity contribution is -0.122. The van der Waals surface area contributed by atoms with Crippen LogP contribution in [0, 0.1) is 5.92 Å². The highest BCUT2D eigenvalue weighted by atomic mass is 16.3. The molecule has 0 aliphatic rings. The number of rotatable bonds is 8. The predicted octanol–water partition coefficient (Wildman–Crippen LogP) is 2.98. The Bertz CT molecular complexity index is 540. The second-order valence-corrected chi connectivity index (χ2v) is 6.10. The van der Waals surface area contributed by atoms with Gasteiger partial charge in [0, 0.05) is 13.0 Å². The van der Waals surface area contributed by atoms with Crippen molar-refractivity contribution in [2.75, 3.05) is 6.54 Å². The molecule has 3 heteroatoms. The van der Waals surface area contributed by atoms with E-state index in [1.807, 2.05) is 36.4 Å². The van der Waals surface area contributed by atoms with Gasteiger partial charge in [-0.05, 0) is 36.8 Å².